The van der Waals surface area contributed by atoms with Crippen LogP contribution in [0.1, 0.15) is 31.1 Å². The van der Waals surface area contributed by atoms with Gasteiger partial charge in [0.05, 0.1) is 17.3 Å². The van der Waals surface area contributed by atoms with Gasteiger partial charge in [-0.2, -0.15) is 0 Å². The Morgan fingerprint density at radius 3 is 2.76 bits per heavy atom. The molecule has 2 atom stereocenters. The highest BCUT2D eigenvalue weighted by Crippen LogP contribution is 2.40. The molecular weight excluding hydrogens is 570 g/mol. The van der Waals surface area contributed by atoms with Crippen molar-refractivity contribution in [3.8, 4) is 0 Å². The van der Waals surface area contributed by atoms with Gasteiger partial charge in [0.2, 0.25) is 0 Å². The fourth-order valence-corrected chi connectivity index (χ4v) is 5.94. The van der Waals surface area contributed by atoms with Gasteiger partial charge in [0.1, 0.15) is 21.2 Å². The third-order valence-electron chi connectivity index (χ3n) is 6.01. The predicted octanol–water partition coefficient (Wildman–Crippen LogP) is 5.47. The number of hydrogen-bond donors (Lipinski definition) is 1. The summed E-state index contributed by atoms with van der Waals surface area (Å²) in [6, 6.07) is 8.52. The highest BCUT2D eigenvalue weighted by Gasteiger charge is 2.50. The molecule has 2 aliphatic rings. The molecular formula is C24H24FIN4O3S. The summed E-state index contributed by atoms with van der Waals surface area (Å²) in [6.07, 6.45) is 1.33. The maximum Gasteiger partial charge on any atom is 0.410 e. The highest BCUT2D eigenvalue weighted by atomic mass is 127. The normalized spacial score (nSPS) is 19.7. The average Bonchev–Trinajstić information content (AvgIpc) is 3.26. The zero-order valence-corrected chi connectivity index (χ0v) is 21.9. The molecule has 1 N–H and O–H groups in total. The zero-order valence-electron chi connectivity index (χ0n) is 19.0. The maximum atomic E-state index is 14.5. The van der Waals surface area contributed by atoms with E-state index in [0.29, 0.717) is 40.7 Å². The predicted molar refractivity (Wildman–Crippen MR) is 138 cm³/mol. The fraction of sp³-hybridized carbons (Fsp3) is 0.375. The molecule has 178 valence electrons. The van der Waals surface area contributed by atoms with Crippen molar-refractivity contribution in [1.29, 1.82) is 0 Å². The van der Waals surface area contributed by atoms with Crippen molar-refractivity contribution in [3.05, 3.63) is 51.5 Å². The van der Waals surface area contributed by atoms with Crippen LogP contribution in [0.5, 0.6) is 0 Å². The number of aromatic nitrogens is 1. The van der Waals surface area contributed by atoms with Crippen LogP contribution in [-0.4, -0.2) is 58.1 Å². The molecule has 0 spiro atoms. The van der Waals surface area contributed by atoms with Gasteiger partial charge in [-0.05, 0) is 73.7 Å². The smallest absolute Gasteiger partial charge is 0.410 e. The van der Waals surface area contributed by atoms with Gasteiger partial charge in [-0.3, -0.25) is 4.79 Å². The Labute approximate surface area is 214 Å². The van der Waals surface area contributed by atoms with Gasteiger partial charge in [0.15, 0.2) is 0 Å². The number of thiophene rings is 1. The summed E-state index contributed by atoms with van der Waals surface area (Å²) >= 11 is 3.38. The quantitative estimate of drug-likeness (QED) is 0.407. The lowest BCUT2D eigenvalue weighted by Crippen LogP contribution is -2.59. The van der Waals surface area contributed by atoms with Gasteiger partial charge in [0, 0.05) is 40.7 Å². The molecule has 0 bridgehead atoms. The number of anilines is 2. The molecule has 0 saturated carbocycles. The molecule has 2 amide bonds. The van der Waals surface area contributed by atoms with Crippen LogP contribution in [-0.2, 0) is 4.74 Å². The molecule has 1 aromatic carbocycles. The Bertz CT molecular complexity index is 1290. The minimum atomic E-state index is -0.565. The van der Waals surface area contributed by atoms with Crippen LogP contribution in [0.15, 0.2) is 36.5 Å². The second kappa shape index (κ2) is 8.63. The molecule has 7 nitrogen and oxygen atoms in total. The molecule has 0 radical (unpaired) electrons. The molecule has 10 heteroatoms. The lowest BCUT2D eigenvalue weighted by Gasteiger charge is -2.43. The molecule has 2 aliphatic heterocycles. The molecule has 2 unspecified atom stereocenters. The van der Waals surface area contributed by atoms with Gasteiger partial charge >= 0.3 is 6.09 Å². The van der Waals surface area contributed by atoms with Crippen LogP contribution in [0.25, 0.3) is 10.2 Å². The van der Waals surface area contributed by atoms with E-state index in [0.717, 1.165) is 8.96 Å². The van der Waals surface area contributed by atoms with E-state index in [9.17, 15) is 14.0 Å². The average molecular weight is 594 g/mol. The molecule has 2 aromatic heterocycles. The van der Waals surface area contributed by atoms with E-state index in [1.54, 1.807) is 28.1 Å². The van der Waals surface area contributed by atoms with Crippen LogP contribution in [0.4, 0.5) is 19.9 Å². The summed E-state index contributed by atoms with van der Waals surface area (Å²) in [5.41, 5.74) is 0.222. The summed E-state index contributed by atoms with van der Waals surface area (Å²) < 4.78 is 20.8. The summed E-state index contributed by atoms with van der Waals surface area (Å²) in [5.74, 6) is -0.307. The Kier molecular flexibility index (Phi) is 5.91. The van der Waals surface area contributed by atoms with E-state index in [1.165, 1.54) is 17.4 Å². The number of carbonyl (C=O) groups excluding carboxylic acids is 2. The second-order valence-electron chi connectivity index (χ2n) is 9.58. The number of carbonyl (C=O) groups is 2. The SMILES string of the molecule is CC(C)(C)OC(=O)N1CC2CN(C(=O)c3c(Nc4ccc(I)cc4F)sc4ncccc34)CC21. The molecule has 5 rings (SSSR count). The first-order chi connectivity index (χ1) is 16.1. The number of halogens is 2. The highest BCUT2D eigenvalue weighted by molar-refractivity contribution is 14.1. The van der Waals surface area contributed by atoms with Gasteiger partial charge in [-0.1, -0.05) is 11.3 Å². The molecule has 3 aromatic rings. The lowest BCUT2D eigenvalue weighted by atomic mass is 9.93. The van der Waals surface area contributed by atoms with Crippen LogP contribution in [0, 0.1) is 15.3 Å². The van der Waals surface area contributed by atoms with E-state index in [1.807, 2.05) is 32.9 Å². The number of amides is 2. The number of nitrogens with one attached hydrogen (secondary N) is 1. The Hall–Kier alpha value is -2.47. The second-order valence-corrected chi connectivity index (χ2v) is 11.8. The summed E-state index contributed by atoms with van der Waals surface area (Å²) in [4.78, 5) is 34.9. The maximum absolute atomic E-state index is 14.5. The van der Waals surface area contributed by atoms with Crippen molar-refractivity contribution in [2.45, 2.75) is 32.4 Å². The summed E-state index contributed by atoms with van der Waals surface area (Å²) in [7, 11) is 0. The molecule has 2 fully saturated rings. The third kappa shape index (κ3) is 4.33. The van der Waals surface area contributed by atoms with Gasteiger partial charge in [-0.25, -0.2) is 14.2 Å². The van der Waals surface area contributed by atoms with Gasteiger partial charge in [-0.15, -0.1) is 0 Å². The topological polar surface area (TPSA) is 74.8 Å². The molecule has 0 aliphatic carbocycles. The Morgan fingerprint density at radius 2 is 2.03 bits per heavy atom. The first kappa shape index (κ1) is 23.3. The zero-order chi connectivity index (χ0) is 24.2. The number of ether oxygens (including phenoxy) is 1. The van der Waals surface area contributed by atoms with Crippen molar-refractivity contribution in [1.82, 2.24) is 14.8 Å². The number of benzene rings is 1. The number of fused-ring (bicyclic) bond motifs is 2. The van der Waals surface area contributed by atoms with E-state index in [2.05, 4.69) is 32.9 Å². The first-order valence-corrected chi connectivity index (χ1v) is 12.9. The number of likely N-dealkylation sites (tertiary alicyclic amines) is 2. The fourth-order valence-electron chi connectivity index (χ4n) is 4.44. The van der Waals surface area contributed by atoms with E-state index >= 15 is 0 Å². The number of rotatable bonds is 3. The van der Waals surface area contributed by atoms with Crippen molar-refractivity contribution in [2.75, 3.05) is 25.0 Å². The van der Waals surface area contributed by atoms with E-state index in [4.69, 9.17) is 4.74 Å². The number of hydrogen-bond acceptors (Lipinski definition) is 6. The minimum Gasteiger partial charge on any atom is -0.444 e. The van der Waals surface area contributed by atoms with Crippen molar-refractivity contribution < 1.29 is 18.7 Å². The van der Waals surface area contributed by atoms with Crippen LogP contribution in [0.3, 0.4) is 0 Å². The van der Waals surface area contributed by atoms with Crippen molar-refractivity contribution >= 4 is 66.8 Å². The third-order valence-corrected chi connectivity index (χ3v) is 7.71. The number of pyridine rings is 1. The standard InChI is InChI=1S/C24H24FIN4O3S/c1-24(2,3)33-23(32)30-11-13-10-29(12-18(13)30)22(31)19-15-5-4-8-27-20(15)34-21(19)28-17-7-6-14(26)9-16(17)25/h4-9,13,18,28H,10-12H2,1-3H3. The van der Waals surface area contributed by atoms with Crippen LogP contribution < -0.4 is 5.32 Å². The summed E-state index contributed by atoms with van der Waals surface area (Å²) in [6.45, 7) is 7.11. The van der Waals surface area contributed by atoms with Gasteiger partial charge in [0.25, 0.3) is 5.91 Å². The van der Waals surface area contributed by atoms with E-state index in [-0.39, 0.29) is 29.8 Å². The van der Waals surface area contributed by atoms with Crippen molar-refractivity contribution in [3.63, 3.8) is 0 Å². The minimum absolute atomic E-state index is 0.0492. The first-order valence-electron chi connectivity index (χ1n) is 11.0. The van der Waals surface area contributed by atoms with Crippen LogP contribution >= 0.6 is 33.9 Å². The van der Waals surface area contributed by atoms with Crippen molar-refractivity contribution in [2.24, 2.45) is 5.92 Å². The Balaban J connectivity index is 1.41. The monoisotopic (exact) mass is 594 g/mol. The summed E-state index contributed by atoms with van der Waals surface area (Å²) in [5, 5.41) is 4.41. The lowest BCUT2D eigenvalue weighted by molar-refractivity contribution is -0.0164. The molecule has 2 saturated heterocycles. The van der Waals surface area contributed by atoms with E-state index < -0.39 is 5.60 Å². The molecule has 4 heterocycles. The Morgan fingerprint density at radius 1 is 1.24 bits per heavy atom. The van der Waals surface area contributed by atoms with Gasteiger partial charge < -0.3 is 19.9 Å². The largest absolute Gasteiger partial charge is 0.444 e. The number of nitrogens with zero attached hydrogens (tertiary/aromatic N) is 3. The molecule has 34 heavy (non-hydrogen) atoms. The van der Waals surface area contributed by atoms with Crippen LogP contribution in [0.2, 0.25) is 0 Å².